The van der Waals surface area contributed by atoms with Crippen LogP contribution in [0.1, 0.15) is 6.92 Å². The standard InChI is InChI=1S/C9H16N2O5/c1-9(10)3-11(2)7(13)6(16-4-9)5(12)8(14)15/h5-6,12H,3-4,10H2,1-2H3,(H,14,15)/t5-,6-,9?/m1/s1. The first kappa shape index (κ1) is 12.9. The van der Waals surface area contributed by atoms with Gasteiger partial charge in [0, 0.05) is 13.6 Å². The first-order chi connectivity index (χ1) is 7.24. The molecule has 1 amide bonds. The summed E-state index contributed by atoms with van der Waals surface area (Å²) >= 11 is 0. The van der Waals surface area contributed by atoms with Gasteiger partial charge in [0.25, 0.3) is 5.91 Å². The highest BCUT2D eigenvalue weighted by molar-refractivity contribution is 5.88. The summed E-state index contributed by atoms with van der Waals surface area (Å²) < 4.78 is 5.08. The van der Waals surface area contributed by atoms with Crippen molar-refractivity contribution >= 4 is 11.9 Å². The molecule has 1 heterocycles. The number of ether oxygens (including phenoxy) is 1. The van der Waals surface area contributed by atoms with Gasteiger partial charge in [-0.15, -0.1) is 0 Å². The summed E-state index contributed by atoms with van der Waals surface area (Å²) in [5.41, 5.74) is 5.07. The van der Waals surface area contributed by atoms with E-state index in [1.165, 1.54) is 11.9 Å². The highest BCUT2D eigenvalue weighted by Crippen LogP contribution is 2.15. The number of amides is 1. The molecule has 1 saturated heterocycles. The molecule has 7 nitrogen and oxygen atoms in total. The van der Waals surface area contributed by atoms with Crippen molar-refractivity contribution in [3.8, 4) is 0 Å². The largest absolute Gasteiger partial charge is 0.479 e. The van der Waals surface area contributed by atoms with E-state index in [4.69, 9.17) is 15.6 Å². The first-order valence-electron chi connectivity index (χ1n) is 4.81. The molecular formula is C9H16N2O5. The Morgan fingerprint density at radius 3 is 2.81 bits per heavy atom. The van der Waals surface area contributed by atoms with Crippen LogP contribution >= 0.6 is 0 Å². The molecule has 0 bridgehead atoms. The van der Waals surface area contributed by atoms with Crippen LogP contribution < -0.4 is 5.73 Å². The molecule has 7 heteroatoms. The van der Waals surface area contributed by atoms with Crippen molar-refractivity contribution in [3.05, 3.63) is 0 Å². The van der Waals surface area contributed by atoms with Crippen LogP contribution in [0.25, 0.3) is 0 Å². The number of hydrogen-bond acceptors (Lipinski definition) is 5. The van der Waals surface area contributed by atoms with Crippen LogP contribution in [0, 0.1) is 0 Å². The minimum Gasteiger partial charge on any atom is -0.479 e. The first-order valence-corrected chi connectivity index (χ1v) is 4.81. The molecule has 16 heavy (non-hydrogen) atoms. The van der Waals surface area contributed by atoms with Crippen LogP contribution in [0.5, 0.6) is 0 Å². The minimum absolute atomic E-state index is 0.0120. The number of hydrogen-bond donors (Lipinski definition) is 3. The van der Waals surface area contributed by atoms with Crippen molar-refractivity contribution in [2.24, 2.45) is 5.73 Å². The van der Waals surface area contributed by atoms with Crippen LogP contribution in [0.15, 0.2) is 0 Å². The summed E-state index contributed by atoms with van der Waals surface area (Å²) in [5, 5.41) is 17.9. The number of nitrogens with two attached hydrogens (primary N) is 1. The summed E-state index contributed by atoms with van der Waals surface area (Å²) in [6.45, 7) is 1.94. The third-order valence-corrected chi connectivity index (χ3v) is 2.35. The normalized spacial score (nSPS) is 33.4. The van der Waals surface area contributed by atoms with Gasteiger partial charge in [-0.3, -0.25) is 4.79 Å². The third kappa shape index (κ3) is 2.69. The van der Waals surface area contributed by atoms with Gasteiger partial charge in [-0.1, -0.05) is 0 Å². The van der Waals surface area contributed by atoms with Gasteiger partial charge >= 0.3 is 5.97 Å². The highest BCUT2D eigenvalue weighted by atomic mass is 16.5. The zero-order valence-electron chi connectivity index (χ0n) is 9.21. The van der Waals surface area contributed by atoms with Gasteiger partial charge in [-0.05, 0) is 6.92 Å². The molecule has 1 unspecified atom stereocenters. The summed E-state index contributed by atoms with van der Waals surface area (Å²) in [5.74, 6) is -2.07. The number of carbonyl (C=O) groups is 2. The van der Waals surface area contributed by atoms with Crippen molar-refractivity contribution < 1.29 is 24.5 Å². The van der Waals surface area contributed by atoms with E-state index in [2.05, 4.69) is 0 Å². The Kier molecular flexibility index (Phi) is 3.51. The van der Waals surface area contributed by atoms with E-state index in [9.17, 15) is 14.7 Å². The van der Waals surface area contributed by atoms with E-state index in [1.54, 1.807) is 6.92 Å². The molecule has 0 aromatic carbocycles. The van der Waals surface area contributed by atoms with E-state index in [0.29, 0.717) is 0 Å². The van der Waals surface area contributed by atoms with Gasteiger partial charge in [-0.25, -0.2) is 4.79 Å². The lowest BCUT2D eigenvalue weighted by Crippen LogP contribution is -2.49. The predicted molar refractivity (Wildman–Crippen MR) is 53.6 cm³/mol. The Balaban J connectivity index is 2.87. The van der Waals surface area contributed by atoms with Crippen molar-refractivity contribution in [1.82, 2.24) is 4.90 Å². The summed E-state index contributed by atoms with van der Waals surface area (Å²) in [6, 6.07) is 0. The number of likely N-dealkylation sites (N-methyl/N-ethyl adjacent to an activating group) is 1. The molecule has 4 N–H and O–H groups in total. The number of carboxylic acids is 1. The molecule has 0 spiro atoms. The van der Waals surface area contributed by atoms with Gasteiger partial charge in [0.1, 0.15) is 0 Å². The molecular weight excluding hydrogens is 216 g/mol. The lowest BCUT2D eigenvalue weighted by molar-refractivity contribution is -0.164. The lowest BCUT2D eigenvalue weighted by Gasteiger charge is -2.25. The molecule has 1 rings (SSSR count). The summed E-state index contributed by atoms with van der Waals surface area (Å²) in [6.07, 6.45) is -3.27. The molecule has 1 fully saturated rings. The monoisotopic (exact) mass is 232 g/mol. The molecule has 3 atom stereocenters. The minimum atomic E-state index is -1.87. The van der Waals surface area contributed by atoms with Crippen molar-refractivity contribution in [1.29, 1.82) is 0 Å². The number of rotatable bonds is 2. The highest BCUT2D eigenvalue weighted by Gasteiger charge is 2.40. The maximum absolute atomic E-state index is 11.7. The van der Waals surface area contributed by atoms with Crippen LogP contribution in [0.3, 0.4) is 0 Å². The molecule has 92 valence electrons. The molecule has 0 aromatic rings. The second kappa shape index (κ2) is 4.36. The van der Waals surface area contributed by atoms with Gasteiger partial charge in [0.2, 0.25) is 0 Å². The van der Waals surface area contributed by atoms with Crippen LogP contribution in [-0.2, 0) is 14.3 Å². The Labute approximate surface area is 92.8 Å². The number of carbonyl (C=O) groups excluding carboxylic acids is 1. The maximum Gasteiger partial charge on any atom is 0.335 e. The summed E-state index contributed by atoms with van der Waals surface area (Å²) in [7, 11) is 1.49. The molecule has 1 aliphatic rings. The number of carboxylic acid groups (broad SMARTS) is 1. The fourth-order valence-electron chi connectivity index (χ4n) is 1.59. The molecule has 1 aliphatic heterocycles. The lowest BCUT2D eigenvalue weighted by atomic mass is 10.1. The van der Waals surface area contributed by atoms with Gasteiger partial charge in [0.05, 0.1) is 12.1 Å². The van der Waals surface area contributed by atoms with E-state index < -0.39 is 29.6 Å². The van der Waals surface area contributed by atoms with E-state index in [0.717, 1.165) is 0 Å². The second-order valence-electron chi connectivity index (χ2n) is 4.36. The fourth-order valence-corrected chi connectivity index (χ4v) is 1.59. The quantitative estimate of drug-likeness (QED) is 0.508. The number of aliphatic carboxylic acids is 1. The zero-order chi connectivity index (χ0) is 12.5. The molecule has 0 aliphatic carbocycles. The average Bonchev–Trinajstić information content (AvgIpc) is 2.24. The summed E-state index contributed by atoms with van der Waals surface area (Å²) in [4.78, 5) is 23.6. The fraction of sp³-hybridized carbons (Fsp3) is 0.778. The number of nitrogens with zero attached hydrogens (tertiary/aromatic N) is 1. The van der Waals surface area contributed by atoms with Crippen molar-refractivity contribution in [3.63, 3.8) is 0 Å². The van der Waals surface area contributed by atoms with Crippen LogP contribution in [0.2, 0.25) is 0 Å². The molecule has 0 saturated carbocycles. The molecule has 0 aromatic heterocycles. The third-order valence-electron chi connectivity index (χ3n) is 2.35. The van der Waals surface area contributed by atoms with Gasteiger partial charge < -0.3 is 25.6 Å². The zero-order valence-corrected chi connectivity index (χ0v) is 9.21. The Hall–Kier alpha value is -1.18. The van der Waals surface area contributed by atoms with E-state index in [-0.39, 0.29) is 13.2 Å². The SMILES string of the molecule is CN1CC(C)(N)CO[C@H]([C@@H](O)C(=O)O)C1=O. The van der Waals surface area contributed by atoms with Crippen LogP contribution in [-0.4, -0.2) is 64.9 Å². The van der Waals surface area contributed by atoms with Crippen molar-refractivity contribution in [2.45, 2.75) is 24.7 Å². The van der Waals surface area contributed by atoms with Crippen molar-refractivity contribution in [2.75, 3.05) is 20.2 Å². The predicted octanol–water partition coefficient (Wildman–Crippen LogP) is -1.99. The van der Waals surface area contributed by atoms with Gasteiger partial charge in [-0.2, -0.15) is 0 Å². The Morgan fingerprint density at radius 2 is 2.31 bits per heavy atom. The van der Waals surface area contributed by atoms with Crippen LogP contribution in [0.4, 0.5) is 0 Å². The second-order valence-corrected chi connectivity index (χ2v) is 4.36. The Bertz CT molecular complexity index is 304. The van der Waals surface area contributed by atoms with Gasteiger partial charge in [0.15, 0.2) is 12.2 Å². The van der Waals surface area contributed by atoms with E-state index in [1.807, 2.05) is 0 Å². The average molecular weight is 232 g/mol. The van der Waals surface area contributed by atoms with E-state index >= 15 is 0 Å². The topological polar surface area (TPSA) is 113 Å². The Morgan fingerprint density at radius 1 is 1.75 bits per heavy atom. The number of aliphatic hydroxyl groups excluding tert-OH is 1. The smallest absolute Gasteiger partial charge is 0.335 e. The maximum atomic E-state index is 11.7. The number of aliphatic hydroxyl groups is 1. The molecule has 0 radical (unpaired) electrons.